The van der Waals surface area contributed by atoms with E-state index >= 15 is 0 Å². The molecule has 3 aliphatic carbocycles. The molecular formula is C21H27NO6. The Labute approximate surface area is 164 Å². The SMILES string of the molecule is CCC(=O)N(C=O)CC(=O)O[C@@H]1C2=C(C)C3(CC3)[C@@](C)(O)C(=O)C2=CC1(C)C. The Balaban J connectivity index is 1.93. The van der Waals surface area contributed by atoms with Crippen molar-refractivity contribution in [1.82, 2.24) is 4.90 Å². The number of nitrogens with zero attached hydrogens (tertiary/aromatic N) is 1. The van der Waals surface area contributed by atoms with Crippen LogP contribution in [-0.4, -0.2) is 52.3 Å². The van der Waals surface area contributed by atoms with Crippen LogP contribution in [0.4, 0.5) is 0 Å². The first-order valence-corrected chi connectivity index (χ1v) is 9.59. The minimum atomic E-state index is -1.47. The number of fused-ring (bicyclic) bond motifs is 1. The third kappa shape index (κ3) is 2.75. The number of rotatable bonds is 5. The van der Waals surface area contributed by atoms with Crippen molar-refractivity contribution in [2.24, 2.45) is 10.8 Å². The van der Waals surface area contributed by atoms with Crippen molar-refractivity contribution in [3.63, 3.8) is 0 Å². The quantitative estimate of drug-likeness (QED) is 0.567. The first-order chi connectivity index (χ1) is 12.9. The first-order valence-electron chi connectivity index (χ1n) is 9.59. The van der Waals surface area contributed by atoms with Crippen LogP contribution in [0.5, 0.6) is 0 Å². The molecule has 3 aliphatic rings. The Hall–Kier alpha value is -2.28. The number of carbonyl (C=O) groups excluding carboxylic acids is 4. The van der Waals surface area contributed by atoms with Gasteiger partial charge in [-0.3, -0.25) is 24.1 Å². The Morgan fingerprint density at radius 1 is 1.32 bits per heavy atom. The summed E-state index contributed by atoms with van der Waals surface area (Å²) in [4.78, 5) is 49.1. The van der Waals surface area contributed by atoms with Crippen molar-refractivity contribution < 1.29 is 29.0 Å². The number of imide groups is 1. The van der Waals surface area contributed by atoms with Gasteiger partial charge in [0.15, 0.2) is 5.78 Å². The molecular weight excluding hydrogens is 362 g/mol. The van der Waals surface area contributed by atoms with Crippen LogP contribution in [0.1, 0.15) is 53.9 Å². The van der Waals surface area contributed by atoms with Crippen LogP contribution in [0, 0.1) is 10.8 Å². The molecule has 0 aromatic rings. The summed E-state index contributed by atoms with van der Waals surface area (Å²) >= 11 is 0. The summed E-state index contributed by atoms with van der Waals surface area (Å²) in [5, 5.41) is 10.9. The largest absolute Gasteiger partial charge is 0.455 e. The van der Waals surface area contributed by atoms with E-state index in [1.165, 1.54) is 0 Å². The van der Waals surface area contributed by atoms with E-state index in [2.05, 4.69) is 0 Å². The van der Waals surface area contributed by atoms with Gasteiger partial charge < -0.3 is 9.84 Å². The van der Waals surface area contributed by atoms with E-state index in [0.717, 1.165) is 10.5 Å². The molecule has 0 aromatic carbocycles. The predicted molar refractivity (Wildman–Crippen MR) is 99.8 cm³/mol. The maximum Gasteiger partial charge on any atom is 0.326 e. The van der Waals surface area contributed by atoms with Gasteiger partial charge in [-0.2, -0.15) is 0 Å². The Bertz CT molecular complexity index is 828. The first kappa shape index (κ1) is 20.5. The second kappa shape index (κ2) is 6.37. The molecule has 0 heterocycles. The van der Waals surface area contributed by atoms with Crippen LogP contribution in [0.3, 0.4) is 0 Å². The highest BCUT2D eigenvalue weighted by atomic mass is 16.5. The molecule has 2 atom stereocenters. The molecule has 0 aromatic heterocycles. The fourth-order valence-electron chi connectivity index (χ4n) is 4.62. The van der Waals surface area contributed by atoms with E-state index in [1.807, 2.05) is 20.8 Å². The zero-order valence-corrected chi connectivity index (χ0v) is 17.0. The summed E-state index contributed by atoms with van der Waals surface area (Å²) in [5.74, 6) is -1.52. The highest BCUT2D eigenvalue weighted by Crippen LogP contribution is 2.65. The molecule has 0 saturated heterocycles. The van der Waals surface area contributed by atoms with E-state index < -0.39 is 41.0 Å². The van der Waals surface area contributed by atoms with Crippen molar-refractivity contribution in [3.8, 4) is 0 Å². The summed E-state index contributed by atoms with van der Waals surface area (Å²) in [7, 11) is 0. The fraction of sp³-hybridized carbons (Fsp3) is 0.619. The highest BCUT2D eigenvalue weighted by molar-refractivity contribution is 6.09. The Morgan fingerprint density at radius 2 is 1.93 bits per heavy atom. The van der Waals surface area contributed by atoms with Gasteiger partial charge >= 0.3 is 5.97 Å². The molecule has 1 N–H and O–H groups in total. The minimum absolute atomic E-state index is 0.100. The van der Waals surface area contributed by atoms with E-state index in [-0.39, 0.29) is 12.2 Å². The number of ether oxygens (including phenoxy) is 1. The highest BCUT2D eigenvalue weighted by Gasteiger charge is 2.66. The number of esters is 1. The Kier molecular flexibility index (Phi) is 4.65. The smallest absolute Gasteiger partial charge is 0.326 e. The van der Waals surface area contributed by atoms with E-state index in [0.29, 0.717) is 30.4 Å². The molecule has 28 heavy (non-hydrogen) atoms. The topological polar surface area (TPSA) is 101 Å². The molecule has 1 fully saturated rings. The number of ketones is 1. The van der Waals surface area contributed by atoms with Gasteiger partial charge in [-0.15, -0.1) is 0 Å². The molecule has 0 bridgehead atoms. The summed E-state index contributed by atoms with van der Waals surface area (Å²) < 4.78 is 5.70. The van der Waals surface area contributed by atoms with E-state index in [1.54, 1.807) is 19.9 Å². The average molecular weight is 389 g/mol. The van der Waals surface area contributed by atoms with Crippen molar-refractivity contribution in [1.29, 1.82) is 0 Å². The lowest BCUT2D eigenvalue weighted by Gasteiger charge is -2.40. The molecule has 0 aliphatic heterocycles. The van der Waals surface area contributed by atoms with Gasteiger partial charge in [-0.05, 0) is 26.7 Å². The van der Waals surface area contributed by atoms with Crippen LogP contribution < -0.4 is 0 Å². The van der Waals surface area contributed by atoms with Gasteiger partial charge in [0.2, 0.25) is 12.3 Å². The van der Waals surface area contributed by atoms with Crippen molar-refractivity contribution in [2.75, 3.05) is 6.54 Å². The lowest BCUT2D eigenvalue weighted by atomic mass is 9.67. The summed E-state index contributed by atoms with van der Waals surface area (Å²) in [5.41, 5.74) is -0.790. The van der Waals surface area contributed by atoms with Crippen LogP contribution in [0.15, 0.2) is 22.8 Å². The molecule has 1 saturated carbocycles. The molecule has 3 rings (SSSR count). The summed E-state index contributed by atoms with van der Waals surface area (Å²) in [6.45, 7) is 8.29. The second-order valence-electron chi connectivity index (χ2n) is 8.75. The average Bonchev–Trinajstić information content (AvgIpc) is 3.40. The standard InChI is InChI=1S/C21H27NO6/c1-6-14(24)22(11-23)10-15(25)28-18-16-12(2)21(7-8-21)20(5,27)17(26)13(16)9-19(18,3)4/h9,11,18,27H,6-8,10H2,1-5H3/t18-,20+/m1/s1. The monoisotopic (exact) mass is 389 g/mol. The van der Waals surface area contributed by atoms with Crippen molar-refractivity contribution >= 4 is 24.1 Å². The molecule has 0 unspecified atom stereocenters. The number of aliphatic hydroxyl groups is 1. The van der Waals surface area contributed by atoms with Gasteiger partial charge in [0.1, 0.15) is 18.2 Å². The van der Waals surface area contributed by atoms with Crippen molar-refractivity contribution in [3.05, 3.63) is 22.8 Å². The van der Waals surface area contributed by atoms with Crippen LogP contribution in [0.2, 0.25) is 0 Å². The molecule has 152 valence electrons. The van der Waals surface area contributed by atoms with Gasteiger partial charge in [0.05, 0.1) is 0 Å². The predicted octanol–water partition coefficient (Wildman–Crippen LogP) is 1.69. The van der Waals surface area contributed by atoms with Gasteiger partial charge in [0.25, 0.3) is 0 Å². The summed E-state index contributed by atoms with van der Waals surface area (Å²) in [6.07, 6.45) is 2.88. The normalized spacial score (nSPS) is 29.3. The zero-order valence-electron chi connectivity index (χ0n) is 17.0. The van der Waals surface area contributed by atoms with Gasteiger partial charge in [-0.1, -0.05) is 32.4 Å². The molecule has 7 nitrogen and oxygen atoms in total. The number of carbonyl (C=O) groups is 4. The van der Waals surface area contributed by atoms with Gasteiger partial charge in [0, 0.05) is 28.4 Å². The van der Waals surface area contributed by atoms with Crippen LogP contribution >= 0.6 is 0 Å². The molecule has 7 heteroatoms. The maximum atomic E-state index is 13.0. The summed E-state index contributed by atoms with van der Waals surface area (Å²) in [6, 6.07) is 0. The van der Waals surface area contributed by atoms with Crippen molar-refractivity contribution in [2.45, 2.75) is 65.6 Å². The van der Waals surface area contributed by atoms with Crippen LogP contribution in [0.25, 0.3) is 0 Å². The second-order valence-corrected chi connectivity index (χ2v) is 8.75. The van der Waals surface area contributed by atoms with E-state index in [4.69, 9.17) is 4.74 Å². The minimum Gasteiger partial charge on any atom is -0.455 e. The van der Waals surface area contributed by atoms with E-state index in [9.17, 15) is 24.3 Å². The lowest BCUT2D eigenvalue weighted by Crippen LogP contribution is -2.50. The number of hydrogen-bond donors (Lipinski definition) is 1. The molecule has 2 amide bonds. The number of amides is 2. The number of Topliss-reactive ketones (excluding diaryl/α,β-unsaturated/α-hetero) is 1. The van der Waals surface area contributed by atoms with Gasteiger partial charge in [-0.25, -0.2) is 0 Å². The van der Waals surface area contributed by atoms with Crippen LogP contribution in [-0.2, 0) is 23.9 Å². The number of hydrogen-bond acceptors (Lipinski definition) is 6. The third-order valence-electron chi connectivity index (χ3n) is 6.53. The molecule has 1 spiro atoms. The third-order valence-corrected chi connectivity index (χ3v) is 6.53. The zero-order chi connectivity index (χ0) is 21.1. The maximum absolute atomic E-state index is 13.0. The molecule has 0 radical (unpaired) electrons. The fourth-order valence-corrected chi connectivity index (χ4v) is 4.62. The Morgan fingerprint density at radius 3 is 2.43 bits per heavy atom. The lowest BCUT2D eigenvalue weighted by molar-refractivity contribution is -0.157.